The third kappa shape index (κ3) is 5.74. The Morgan fingerprint density at radius 2 is 1.95 bits per heavy atom. The molecule has 0 saturated heterocycles. The molecule has 0 radical (unpaired) electrons. The quantitative estimate of drug-likeness (QED) is 0.832. The van der Waals surface area contributed by atoms with E-state index in [0.29, 0.717) is 18.7 Å². The molecule has 0 aromatic heterocycles. The van der Waals surface area contributed by atoms with Gasteiger partial charge in [-0.3, -0.25) is 9.59 Å². The molecule has 0 aliphatic carbocycles. The van der Waals surface area contributed by atoms with Crippen LogP contribution in [-0.4, -0.2) is 41.6 Å². The van der Waals surface area contributed by atoms with Crippen molar-refractivity contribution in [2.75, 3.05) is 19.7 Å². The maximum Gasteiger partial charge on any atom is 0.323 e. The van der Waals surface area contributed by atoms with Crippen LogP contribution in [-0.2, 0) is 9.59 Å². The van der Waals surface area contributed by atoms with Crippen LogP contribution in [0, 0.1) is 0 Å². The van der Waals surface area contributed by atoms with E-state index in [1.54, 1.807) is 24.3 Å². The van der Waals surface area contributed by atoms with Gasteiger partial charge in [-0.15, -0.1) is 0 Å². The van der Waals surface area contributed by atoms with Gasteiger partial charge in [-0.05, 0) is 30.7 Å². The van der Waals surface area contributed by atoms with Gasteiger partial charge in [-0.25, -0.2) is 0 Å². The molecule has 0 aliphatic rings. The molecule has 1 aromatic rings. The molecule has 104 valence electrons. The van der Waals surface area contributed by atoms with Gasteiger partial charge >= 0.3 is 5.97 Å². The maximum atomic E-state index is 11.8. The van der Waals surface area contributed by atoms with Gasteiger partial charge in [-0.1, -0.05) is 22.9 Å². The Morgan fingerprint density at radius 1 is 1.32 bits per heavy atom. The lowest BCUT2D eigenvalue weighted by Gasteiger charge is -2.19. The van der Waals surface area contributed by atoms with E-state index in [4.69, 9.17) is 9.84 Å². The summed E-state index contributed by atoms with van der Waals surface area (Å²) in [6.07, 6.45) is 0.706. The summed E-state index contributed by atoms with van der Waals surface area (Å²) in [5.74, 6) is -0.777. The minimum atomic E-state index is -1.02. The predicted octanol–water partition coefficient (Wildman–Crippen LogP) is 2.15. The Kier molecular flexibility index (Phi) is 6.35. The highest BCUT2D eigenvalue weighted by atomic mass is 79.9. The van der Waals surface area contributed by atoms with Crippen molar-refractivity contribution in [1.82, 2.24) is 4.90 Å². The molecule has 1 aromatic carbocycles. The number of carbonyl (C=O) groups excluding carboxylic acids is 1. The van der Waals surface area contributed by atoms with Crippen LogP contribution in [0.25, 0.3) is 0 Å². The highest BCUT2D eigenvalue weighted by Gasteiger charge is 2.16. The summed E-state index contributed by atoms with van der Waals surface area (Å²) in [5.41, 5.74) is 0. The van der Waals surface area contributed by atoms with Gasteiger partial charge in [0.15, 0.2) is 6.61 Å². The zero-order valence-corrected chi connectivity index (χ0v) is 12.2. The molecule has 1 rings (SSSR count). The molecule has 0 bridgehead atoms. The van der Waals surface area contributed by atoms with E-state index >= 15 is 0 Å². The van der Waals surface area contributed by atoms with Crippen LogP contribution in [0.3, 0.4) is 0 Å². The minimum absolute atomic E-state index is 0.158. The highest BCUT2D eigenvalue weighted by molar-refractivity contribution is 9.10. The summed E-state index contributed by atoms with van der Waals surface area (Å²) >= 11 is 3.30. The first-order chi connectivity index (χ1) is 9.02. The summed E-state index contributed by atoms with van der Waals surface area (Å²) in [6, 6.07) is 7.08. The van der Waals surface area contributed by atoms with Crippen molar-refractivity contribution in [3.8, 4) is 5.75 Å². The molecular formula is C13H16BrNO4. The van der Waals surface area contributed by atoms with Crippen LogP contribution in [0.1, 0.15) is 13.3 Å². The van der Waals surface area contributed by atoms with Gasteiger partial charge in [-0.2, -0.15) is 0 Å². The Hall–Kier alpha value is -1.56. The van der Waals surface area contributed by atoms with Gasteiger partial charge in [0.25, 0.3) is 5.91 Å². The van der Waals surface area contributed by atoms with Gasteiger partial charge in [0, 0.05) is 11.0 Å². The SMILES string of the molecule is CCCN(CC(=O)O)C(=O)COc1ccc(Br)cc1. The summed E-state index contributed by atoms with van der Waals surface area (Å²) < 4.78 is 6.25. The molecule has 0 atom stereocenters. The van der Waals surface area contributed by atoms with Gasteiger partial charge < -0.3 is 14.7 Å². The van der Waals surface area contributed by atoms with Gasteiger partial charge in [0.2, 0.25) is 0 Å². The van der Waals surface area contributed by atoms with Crippen LogP contribution in [0.2, 0.25) is 0 Å². The van der Waals surface area contributed by atoms with Crippen molar-refractivity contribution >= 4 is 27.8 Å². The number of carboxylic acids is 1. The standard InChI is InChI=1S/C13H16BrNO4/c1-2-7-15(8-13(17)18)12(16)9-19-11-5-3-10(14)4-6-11/h3-6H,2,7-9H2,1H3,(H,17,18). The normalized spacial score (nSPS) is 10.0. The van der Waals surface area contributed by atoms with E-state index < -0.39 is 5.97 Å². The summed E-state index contributed by atoms with van der Waals surface area (Å²) in [6.45, 7) is 1.85. The summed E-state index contributed by atoms with van der Waals surface area (Å²) in [5, 5.41) is 8.74. The number of carboxylic acid groups (broad SMARTS) is 1. The number of hydrogen-bond donors (Lipinski definition) is 1. The van der Waals surface area contributed by atoms with Crippen LogP contribution in [0.4, 0.5) is 0 Å². The lowest BCUT2D eigenvalue weighted by Crippen LogP contribution is -2.39. The number of amides is 1. The average Bonchev–Trinajstić information content (AvgIpc) is 2.37. The van der Waals surface area contributed by atoms with Crippen molar-refractivity contribution in [3.63, 3.8) is 0 Å². The van der Waals surface area contributed by atoms with Crippen molar-refractivity contribution in [2.45, 2.75) is 13.3 Å². The molecule has 1 amide bonds. The number of benzene rings is 1. The van der Waals surface area contributed by atoms with Gasteiger partial charge in [0.1, 0.15) is 12.3 Å². The maximum absolute atomic E-state index is 11.8. The number of hydrogen-bond acceptors (Lipinski definition) is 3. The van der Waals surface area contributed by atoms with Gasteiger partial charge in [0.05, 0.1) is 0 Å². The monoisotopic (exact) mass is 329 g/mol. The first kappa shape index (κ1) is 15.5. The summed E-state index contributed by atoms with van der Waals surface area (Å²) in [4.78, 5) is 23.8. The van der Waals surface area contributed by atoms with E-state index in [9.17, 15) is 9.59 Å². The second kappa shape index (κ2) is 7.78. The van der Waals surface area contributed by atoms with E-state index in [0.717, 1.165) is 4.47 Å². The van der Waals surface area contributed by atoms with E-state index in [1.807, 2.05) is 6.92 Å². The lowest BCUT2D eigenvalue weighted by atomic mass is 10.3. The Bertz CT molecular complexity index is 433. The molecule has 19 heavy (non-hydrogen) atoms. The largest absolute Gasteiger partial charge is 0.484 e. The Labute approximate surface area is 120 Å². The molecule has 6 heteroatoms. The second-order valence-electron chi connectivity index (χ2n) is 3.95. The lowest BCUT2D eigenvalue weighted by molar-refractivity contribution is -0.145. The predicted molar refractivity (Wildman–Crippen MR) is 74.1 cm³/mol. The van der Waals surface area contributed by atoms with Crippen molar-refractivity contribution in [1.29, 1.82) is 0 Å². The molecule has 0 unspecified atom stereocenters. The van der Waals surface area contributed by atoms with E-state index in [1.165, 1.54) is 4.90 Å². The van der Waals surface area contributed by atoms with Crippen LogP contribution in [0.15, 0.2) is 28.7 Å². The average molecular weight is 330 g/mol. The van der Waals surface area contributed by atoms with Crippen molar-refractivity contribution in [2.24, 2.45) is 0 Å². The van der Waals surface area contributed by atoms with E-state index in [-0.39, 0.29) is 19.1 Å². The number of nitrogens with zero attached hydrogens (tertiary/aromatic N) is 1. The summed E-state index contributed by atoms with van der Waals surface area (Å²) in [7, 11) is 0. The minimum Gasteiger partial charge on any atom is -0.484 e. The fourth-order valence-corrected chi connectivity index (χ4v) is 1.76. The topological polar surface area (TPSA) is 66.8 Å². The Balaban J connectivity index is 2.51. The number of rotatable bonds is 7. The fraction of sp³-hybridized carbons (Fsp3) is 0.385. The molecule has 0 saturated carbocycles. The number of aliphatic carboxylic acids is 1. The smallest absolute Gasteiger partial charge is 0.323 e. The first-order valence-corrected chi connectivity index (χ1v) is 6.70. The molecule has 0 heterocycles. The van der Waals surface area contributed by atoms with Crippen LogP contribution < -0.4 is 4.74 Å². The molecular weight excluding hydrogens is 314 g/mol. The third-order valence-corrected chi connectivity index (χ3v) is 2.88. The zero-order valence-electron chi connectivity index (χ0n) is 10.6. The Morgan fingerprint density at radius 3 is 2.47 bits per heavy atom. The molecule has 5 nitrogen and oxygen atoms in total. The first-order valence-electron chi connectivity index (χ1n) is 5.91. The van der Waals surface area contributed by atoms with Crippen molar-refractivity contribution in [3.05, 3.63) is 28.7 Å². The number of carbonyl (C=O) groups is 2. The number of ether oxygens (including phenoxy) is 1. The number of halogens is 1. The highest BCUT2D eigenvalue weighted by Crippen LogP contribution is 2.16. The zero-order chi connectivity index (χ0) is 14.3. The van der Waals surface area contributed by atoms with Crippen LogP contribution >= 0.6 is 15.9 Å². The third-order valence-electron chi connectivity index (χ3n) is 2.35. The van der Waals surface area contributed by atoms with Crippen LogP contribution in [0.5, 0.6) is 5.75 Å². The second-order valence-corrected chi connectivity index (χ2v) is 4.87. The molecule has 0 aliphatic heterocycles. The molecule has 0 spiro atoms. The molecule has 1 N–H and O–H groups in total. The molecule has 0 fully saturated rings. The van der Waals surface area contributed by atoms with Crippen molar-refractivity contribution < 1.29 is 19.4 Å². The van der Waals surface area contributed by atoms with E-state index in [2.05, 4.69) is 15.9 Å². The fourth-order valence-electron chi connectivity index (χ4n) is 1.49.